The Morgan fingerprint density at radius 3 is 2.52 bits per heavy atom. The Hall–Kier alpha value is -2.86. The first-order chi connectivity index (χ1) is 13.8. The van der Waals surface area contributed by atoms with Crippen LogP contribution in [0.4, 0.5) is 10.5 Å². The van der Waals surface area contributed by atoms with Crippen molar-refractivity contribution < 1.29 is 14.4 Å². The first-order valence-corrected chi connectivity index (χ1v) is 9.93. The molecule has 2 aromatic carbocycles. The number of hydrogen-bond acceptors (Lipinski definition) is 3. The van der Waals surface area contributed by atoms with E-state index in [9.17, 15) is 14.4 Å². The molecule has 0 aromatic heterocycles. The first-order valence-electron chi connectivity index (χ1n) is 9.55. The minimum atomic E-state index is -1.32. The van der Waals surface area contributed by atoms with E-state index in [0.717, 1.165) is 16.9 Å². The van der Waals surface area contributed by atoms with Crippen molar-refractivity contribution in [2.75, 3.05) is 11.9 Å². The number of halogens is 1. The van der Waals surface area contributed by atoms with Crippen molar-refractivity contribution in [1.82, 2.24) is 10.2 Å². The Morgan fingerprint density at radius 1 is 1.17 bits per heavy atom. The van der Waals surface area contributed by atoms with E-state index in [-0.39, 0.29) is 12.5 Å². The molecular weight excluding hydrogens is 390 g/mol. The number of para-hydroxylation sites is 1. The molecule has 0 saturated carbocycles. The van der Waals surface area contributed by atoms with Gasteiger partial charge in [-0.25, -0.2) is 4.79 Å². The number of carbonyl (C=O) groups excluding carboxylic acids is 3. The predicted octanol–water partition coefficient (Wildman–Crippen LogP) is 4.26. The molecule has 29 heavy (non-hydrogen) atoms. The fraction of sp³-hybridized carbons (Fsp3) is 0.318. The van der Waals surface area contributed by atoms with E-state index >= 15 is 0 Å². The van der Waals surface area contributed by atoms with Gasteiger partial charge in [0.1, 0.15) is 12.1 Å². The predicted molar refractivity (Wildman–Crippen MR) is 113 cm³/mol. The van der Waals surface area contributed by atoms with Crippen molar-refractivity contribution in [2.24, 2.45) is 0 Å². The fourth-order valence-corrected chi connectivity index (χ4v) is 3.81. The zero-order chi connectivity index (χ0) is 21.2. The van der Waals surface area contributed by atoms with Crippen molar-refractivity contribution in [3.8, 4) is 0 Å². The van der Waals surface area contributed by atoms with Crippen LogP contribution >= 0.6 is 11.6 Å². The van der Waals surface area contributed by atoms with E-state index in [2.05, 4.69) is 24.5 Å². The number of hydrogen-bond donors (Lipinski definition) is 2. The van der Waals surface area contributed by atoms with Crippen LogP contribution in [0.25, 0.3) is 0 Å². The van der Waals surface area contributed by atoms with Gasteiger partial charge >= 0.3 is 6.03 Å². The van der Waals surface area contributed by atoms with Crippen LogP contribution in [0.5, 0.6) is 0 Å². The number of carbonyl (C=O) groups is 3. The van der Waals surface area contributed by atoms with Crippen molar-refractivity contribution >= 4 is 35.1 Å². The minimum Gasteiger partial charge on any atom is -0.324 e. The van der Waals surface area contributed by atoms with Gasteiger partial charge in [0.25, 0.3) is 5.91 Å². The number of benzene rings is 2. The van der Waals surface area contributed by atoms with E-state index in [1.54, 1.807) is 31.2 Å². The summed E-state index contributed by atoms with van der Waals surface area (Å²) in [7, 11) is 0. The molecule has 152 valence electrons. The molecule has 0 bridgehead atoms. The summed E-state index contributed by atoms with van der Waals surface area (Å²) in [5, 5.41) is 5.87. The molecule has 1 aliphatic rings. The minimum absolute atomic E-state index is 0.270. The molecule has 7 heteroatoms. The quantitative estimate of drug-likeness (QED) is 0.694. The summed E-state index contributed by atoms with van der Waals surface area (Å²) in [4.78, 5) is 39.0. The standard InChI is InChI=1S/C22H24ClN3O3/c1-4-14(2)15-9-5-8-12-18(15)24-19(27)13-26-20(28)22(3,25-21(26)29)16-10-6-7-11-17(16)23/h5-12,14H,4,13H2,1-3H3,(H,24,27)(H,25,29)/t14-,22+/m0/s1. The van der Waals surface area contributed by atoms with Gasteiger partial charge in [-0.15, -0.1) is 0 Å². The molecule has 4 amide bonds. The smallest absolute Gasteiger partial charge is 0.324 e. The third-order valence-corrected chi connectivity index (χ3v) is 5.70. The lowest BCUT2D eigenvalue weighted by molar-refractivity contribution is -0.133. The molecule has 0 spiro atoms. The lowest BCUT2D eigenvalue weighted by Gasteiger charge is -2.23. The number of nitrogens with one attached hydrogen (secondary N) is 2. The Bertz CT molecular complexity index is 962. The lowest BCUT2D eigenvalue weighted by Crippen LogP contribution is -2.42. The highest BCUT2D eigenvalue weighted by atomic mass is 35.5. The molecule has 2 aromatic rings. The monoisotopic (exact) mass is 413 g/mol. The van der Waals surface area contributed by atoms with Crippen LogP contribution in [-0.4, -0.2) is 29.3 Å². The summed E-state index contributed by atoms with van der Waals surface area (Å²) in [6, 6.07) is 13.7. The Balaban J connectivity index is 1.78. The topological polar surface area (TPSA) is 78.5 Å². The van der Waals surface area contributed by atoms with Crippen LogP contribution in [0.3, 0.4) is 0 Å². The van der Waals surface area contributed by atoms with Crippen LogP contribution < -0.4 is 10.6 Å². The Morgan fingerprint density at radius 2 is 1.83 bits per heavy atom. The van der Waals surface area contributed by atoms with E-state index in [1.165, 1.54) is 0 Å². The van der Waals surface area contributed by atoms with Crippen LogP contribution in [0, 0.1) is 0 Å². The van der Waals surface area contributed by atoms with Crippen LogP contribution in [0.15, 0.2) is 48.5 Å². The number of urea groups is 1. The number of anilines is 1. The molecule has 2 N–H and O–H groups in total. The van der Waals surface area contributed by atoms with Crippen molar-refractivity contribution in [2.45, 2.75) is 38.6 Å². The number of nitrogens with zero attached hydrogens (tertiary/aromatic N) is 1. The Labute approximate surface area is 175 Å². The number of imide groups is 1. The van der Waals surface area contributed by atoms with E-state index in [0.29, 0.717) is 16.3 Å². The van der Waals surface area contributed by atoms with Gasteiger partial charge in [0.2, 0.25) is 5.91 Å². The molecule has 2 atom stereocenters. The molecule has 0 aliphatic carbocycles. The normalized spacial score (nSPS) is 19.8. The van der Waals surface area contributed by atoms with Gasteiger partial charge in [0.15, 0.2) is 0 Å². The SMILES string of the molecule is CC[C@H](C)c1ccccc1NC(=O)CN1C(=O)N[C@](C)(c2ccccc2Cl)C1=O. The lowest BCUT2D eigenvalue weighted by atomic mass is 9.92. The molecule has 0 unspecified atom stereocenters. The average molecular weight is 414 g/mol. The van der Waals surface area contributed by atoms with Gasteiger partial charge in [0.05, 0.1) is 0 Å². The maximum atomic E-state index is 13.0. The first kappa shape index (κ1) is 20.9. The van der Waals surface area contributed by atoms with E-state index in [4.69, 9.17) is 11.6 Å². The van der Waals surface area contributed by atoms with Crippen LogP contribution in [-0.2, 0) is 15.1 Å². The number of amides is 4. The molecule has 1 fully saturated rings. The summed E-state index contributed by atoms with van der Waals surface area (Å²) < 4.78 is 0. The molecule has 6 nitrogen and oxygen atoms in total. The molecule has 0 radical (unpaired) electrons. The zero-order valence-electron chi connectivity index (χ0n) is 16.7. The van der Waals surface area contributed by atoms with Gasteiger partial charge in [-0.2, -0.15) is 0 Å². The van der Waals surface area contributed by atoms with Gasteiger partial charge in [-0.3, -0.25) is 14.5 Å². The number of rotatable bonds is 6. The molecular formula is C22H24ClN3O3. The van der Waals surface area contributed by atoms with Crippen LogP contribution in [0.1, 0.15) is 44.2 Å². The second-order valence-corrected chi connectivity index (χ2v) is 7.78. The van der Waals surface area contributed by atoms with E-state index < -0.39 is 23.4 Å². The van der Waals surface area contributed by atoms with Crippen LogP contribution in [0.2, 0.25) is 5.02 Å². The maximum Gasteiger partial charge on any atom is 0.325 e. The highest BCUT2D eigenvalue weighted by Gasteiger charge is 2.50. The van der Waals surface area contributed by atoms with Crippen molar-refractivity contribution in [3.05, 3.63) is 64.7 Å². The summed E-state index contributed by atoms with van der Waals surface area (Å²) in [6.07, 6.45) is 0.927. The van der Waals surface area contributed by atoms with Crippen molar-refractivity contribution in [3.63, 3.8) is 0 Å². The third kappa shape index (κ3) is 3.98. The molecule has 1 heterocycles. The highest BCUT2D eigenvalue weighted by molar-refractivity contribution is 6.32. The molecule has 3 rings (SSSR count). The van der Waals surface area contributed by atoms with Gasteiger partial charge in [-0.1, -0.05) is 61.8 Å². The summed E-state index contributed by atoms with van der Waals surface area (Å²) in [6.45, 7) is 5.37. The van der Waals surface area contributed by atoms with Gasteiger partial charge in [0, 0.05) is 16.3 Å². The maximum absolute atomic E-state index is 13.0. The molecule has 1 aliphatic heterocycles. The second kappa shape index (κ2) is 8.25. The second-order valence-electron chi connectivity index (χ2n) is 7.37. The third-order valence-electron chi connectivity index (χ3n) is 5.37. The summed E-state index contributed by atoms with van der Waals surface area (Å²) >= 11 is 6.23. The summed E-state index contributed by atoms with van der Waals surface area (Å²) in [5.41, 5.74) is 0.879. The Kier molecular flexibility index (Phi) is 5.94. The average Bonchev–Trinajstić information content (AvgIpc) is 2.92. The van der Waals surface area contributed by atoms with Gasteiger partial charge in [-0.05, 0) is 37.0 Å². The largest absolute Gasteiger partial charge is 0.325 e. The van der Waals surface area contributed by atoms with E-state index in [1.807, 2.05) is 24.3 Å². The fourth-order valence-electron chi connectivity index (χ4n) is 3.48. The zero-order valence-corrected chi connectivity index (χ0v) is 17.4. The van der Waals surface area contributed by atoms with Gasteiger partial charge < -0.3 is 10.6 Å². The molecule has 1 saturated heterocycles. The van der Waals surface area contributed by atoms with Crippen molar-refractivity contribution in [1.29, 1.82) is 0 Å². The highest BCUT2D eigenvalue weighted by Crippen LogP contribution is 2.33. The summed E-state index contributed by atoms with van der Waals surface area (Å²) in [5.74, 6) is -0.680.